The molecule has 1 heterocycles. The van der Waals surface area contributed by atoms with Crippen LogP contribution in [0.4, 0.5) is 5.69 Å². The standard InChI is InChI=1S/C19H14Cl3N3O3/c1-9(10-3-4-12-8-13(28-2)6-5-11(12)7-10)24-25-16-14(20)17(19(26)27)23-18(22)15(16)21/h3-9H,1-2H3,(H,26,27). The van der Waals surface area contributed by atoms with E-state index >= 15 is 0 Å². The van der Waals surface area contributed by atoms with Crippen LogP contribution < -0.4 is 4.74 Å². The molecule has 0 aliphatic rings. The Bertz CT molecular complexity index is 1100. The molecular weight excluding hydrogens is 425 g/mol. The molecule has 28 heavy (non-hydrogen) atoms. The van der Waals surface area contributed by atoms with E-state index in [1.54, 1.807) is 7.11 Å². The second-order valence-corrected chi connectivity index (χ2v) is 7.01. The van der Waals surface area contributed by atoms with Crippen LogP contribution in [0.25, 0.3) is 10.8 Å². The number of ether oxygens (including phenoxy) is 1. The van der Waals surface area contributed by atoms with Crippen molar-refractivity contribution in [3.8, 4) is 5.75 Å². The van der Waals surface area contributed by atoms with Crippen LogP contribution in [0, 0.1) is 0 Å². The maximum Gasteiger partial charge on any atom is 0.356 e. The third kappa shape index (κ3) is 4.04. The van der Waals surface area contributed by atoms with E-state index in [9.17, 15) is 4.79 Å². The SMILES string of the molecule is COc1ccc2cc(C(C)N=Nc3c(Cl)c(Cl)nc(C(=O)O)c3Cl)ccc2c1. The van der Waals surface area contributed by atoms with Crippen molar-refractivity contribution in [3.63, 3.8) is 0 Å². The van der Waals surface area contributed by atoms with Gasteiger partial charge in [-0.2, -0.15) is 10.2 Å². The molecule has 0 spiro atoms. The first-order valence-electron chi connectivity index (χ1n) is 8.08. The summed E-state index contributed by atoms with van der Waals surface area (Å²) in [7, 11) is 1.62. The van der Waals surface area contributed by atoms with E-state index in [1.165, 1.54) is 0 Å². The van der Waals surface area contributed by atoms with Crippen molar-refractivity contribution in [3.05, 3.63) is 62.9 Å². The van der Waals surface area contributed by atoms with Gasteiger partial charge in [-0.3, -0.25) is 0 Å². The van der Waals surface area contributed by atoms with Crippen LogP contribution in [0.1, 0.15) is 29.0 Å². The molecule has 6 nitrogen and oxygen atoms in total. The molecule has 0 fully saturated rings. The predicted molar refractivity (Wildman–Crippen MR) is 110 cm³/mol. The van der Waals surface area contributed by atoms with Gasteiger partial charge in [-0.1, -0.05) is 53.0 Å². The summed E-state index contributed by atoms with van der Waals surface area (Å²) in [6, 6.07) is 11.3. The Morgan fingerprint density at radius 3 is 2.46 bits per heavy atom. The minimum Gasteiger partial charge on any atom is -0.497 e. The number of carbonyl (C=O) groups is 1. The van der Waals surface area contributed by atoms with Crippen LogP contribution >= 0.6 is 34.8 Å². The van der Waals surface area contributed by atoms with Crippen molar-refractivity contribution in [2.45, 2.75) is 13.0 Å². The Kier molecular flexibility index (Phi) is 6.03. The number of rotatable bonds is 5. The van der Waals surface area contributed by atoms with Gasteiger partial charge in [0.1, 0.15) is 21.5 Å². The summed E-state index contributed by atoms with van der Waals surface area (Å²) >= 11 is 18.0. The zero-order valence-corrected chi connectivity index (χ0v) is 17.0. The number of carboxylic acids is 1. The summed E-state index contributed by atoms with van der Waals surface area (Å²) < 4.78 is 5.23. The molecule has 1 N–H and O–H groups in total. The number of fused-ring (bicyclic) bond motifs is 1. The van der Waals surface area contributed by atoms with Crippen molar-refractivity contribution in [2.24, 2.45) is 10.2 Å². The van der Waals surface area contributed by atoms with Gasteiger partial charge in [0.2, 0.25) is 0 Å². The molecule has 3 aromatic rings. The minimum absolute atomic E-state index is 0.0295. The number of nitrogens with zero attached hydrogens (tertiary/aromatic N) is 3. The monoisotopic (exact) mass is 437 g/mol. The maximum absolute atomic E-state index is 11.2. The number of pyridine rings is 1. The van der Waals surface area contributed by atoms with Gasteiger partial charge in [0.25, 0.3) is 0 Å². The number of hydrogen-bond donors (Lipinski definition) is 1. The zero-order chi connectivity index (χ0) is 20.4. The predicted octanol–water partition coefficient (Wildman–Crippen LogP) is 6.75. The molecule has 0 radical (unpaired) electrons. The highest BCUT2D eigenvalue weighted by molar-refractivity contribution is 6.45. The zero-order valence-electron chi connectivity index (χ0n) is 14.8. The fraction of sp³-hybridized carbons (Fsp3) is 0.158. The molecule has 9 heteroatoms. The molecule has 1 aromatic heterocycles. The average Bonchev–Trinajstić information content (AvgIpc) is 2.69. The normalized spacial score (nSPS) is 12.5. The number of methoxy groups -OCH3 is 1. The van der Waals surface area contributed by atoms with E-state index < -0.39 is 11.7 Å². The molecule has 0 aliphatic heterocycles. The molecule has 2 aromatic carbocycles. The van der Waals surface area contributed by atoms with E-state index in [-0.39, 0.29) is 26.9 Å². The molecule has 0 aliphatic carbocycles. The molecule has 0 saturated heterocycles. The lowest BCUT2D eigenvalue weighted by Crippen LogP contribution is -2.02. The average molecular weight is 439 g/mol. The number of aromatic carboxylic acids is 1. The Balaban J connectivity index is 1.95. The van der Waals surface area contributed by atoms with Crippen LogP contribution in [0.3, 0.4) is 0 Å². The Labute approximate surface area is 175 Å². The van der Waals surface area contributed by atoms with Crippen molar-refractivity contribution < 1.29 is 14.6 Å². The first kappa shape index (κ1) is 20.3. The van der Waals surface area contributed by atoms with Gasteiger partial charge in [0.05, 0.1) is 13.2 Å². The molecule has 0 amide bonds. The van der Waals surface area contributed by atoms with E-state index in [2.05, 4.69) is 15.2 Å². The fourth-order valence-electron chi connectivity index (χ4n) is 2.57. The fourth-order valence-corrected chi connectivity index (χ4v) is 3.22. The Morgan fingerprint density at radius 2 is 1.79 bits per heavy atom. The van der Waals surface area contributed by atoms with Crippen molar-refractivity contribution in [1.29, 1.82) is 0 Å². The van der Waals surface area contributed by atoms with Crippen LogP contribution in [0.2, 0.25) is 15.2 Å². The largest absolute Gasteiger partial charge is 0.497 e. The second kappa shape index (κ2) is 8.31. The number of azo groups is 1. The molecule has 1 atom stereocenters. The van der Waals surface area contributed by atoms with Gasteiger partial charge in [0, 0.05) is 0 Å². The van der Waals surface area contributed by atoms with Crippen molar-refractivity contribution in [1.82, 2.24) is 4.98 Å². The lowest BCUT2D eigenvalue weighted by Gasteiger charge is -2.09. The van der Waals surface area contributed by atoms with Crippen LogP contribution in [0.15, 0.2) is 46.6 Å². The summed E-state index contributed by atoms with van der Waals surface area (Å²) in [6.45, 7) is 1.84. The molecule has 0 saturated carbocycles. The first-order valence-corrected chi connectivity index (χ1v) is 9.21. The molecule has 0 bridgehead atoms. The third-order valence-electron chi connectivity index (χ3n) is 4.10. The van der Waals surface area contributed by atoms with Crippen LogP contribution in [-0.4, -0.2) is 23.2 Å². The summed E-state index contributed by atoms with van der Waals surface area (Å²) in [5.74, 6) is -0.556. The maximum atomic E-state index is 11.2. The molecule has 144 valence electrons. The first-order chi connectivity index (χ1) is 13.3. The van der Waals surface area contributed by atoms with E-state index in [0.717, 1.165) is 22.1 Å². The van der Waals surface area contributed by atoms with Crippen LogP contribution in [0.5, 0.6) is 5.75 Å². The Hall–Kier alpha value is -2.41. The highest BCUT2D eigenvalue weighted by Gasteiger charge is 2.21. The van der Waals surface area contributed by atoms with E-state index in [0.29, 0.717) is 0 Å². The quantitative estimate of drug-likeness (QED) is 0.353. The molecular formula is C19H14Cl3N3O3. The van der Waals surface area contributed by atoms with Gasteiger partial charge in [-0.15, -0.1) is 0 Å². The Morgan fingerprint density at radius 1 is 1.11 bits per heavy atom. The summed E-state index contributed by atoms with van der Waals surface area (Å²) in [4.78, 5) is 14.9. The lowest BCUT2D eigenvalue weighted by molar-refractivity contribution is 0.0690. The van der Waals surface area contributed by atoms with Gasteiger partial charge < -0.3 is 9.84 Å². The van der Waals surface area contributed by atoms with Gasteiger partial charge in [0.15, 0.2) is 10.8 Å². The highest BCUT2D eigenvalue weighted by Crippen LogP contribution is 2.40. The highest BCUT2D eigenvalue weighted by atomic mass is 35.5. The van der Waals surface area contributed by atoms with Crippen molar-refractivity contribution >= 4 is 57.2 Å². The summed E-state index contributed by atoms with van der Waals surface area (Å²) in [5.41, 5.74) is 0.447. The summed E-state index contributed by atoms with van der Waals surface area (Å²) in [6.07, 6.45) is 0. The van der Waals surface area contributed by atoms with Gasteiger partial charge in [-0.25, -0.2) is 9.78 Å². The smallest absolute Gasteiger partial charge is 0.356 e. The number of halogens is 3. The third-order valence-corrected chi connectivity index (χ3v) is 5.19. The number of hydrogen-bond acceptors (Lipinski definition) is 5. The van der Waals surface area contributed by atoms with Gasteiger partial charge >= 0.3 is 5.97 Å². The van der Waals surface area contributed by atoms with E-state index in [1.807, 2.05) is 43.3 Å². The topological polar surface area (TPSA) is 84.1 Å². The number of aromatic nitrogens is 1. The van der Waals surface area contributed by atoms with Crippen LogP contribution in [-0.2, 0) is 0 Å². The molecule has 3 rings (SSSR count). The van der Waals surface area contributed by atoms with E-state index in [4.69, 9.17) is 44.6 Å². The minimum atomic E-state index is -1.34. The molecule has 1 unspecified atom stereocenters. The second-order valence-electron chi connectivity index (χ2n) is 5.90. The van der Waals surface area contributed by atoms with Crippen molar-refractivity contribution in [2.75, 3.05) is 7.11 Å². The lowest BCUT2D eigenvalue weighted by atomic mass is 10.0. The number of carboxylic acid groups (broad SMARTS) is 1. The summed E-state index contributed by atoms with van der Waals surface area (Å²) in [5, 5.41) is 19.0. The van der Waals surface area contributed by atoms with Gasteiger partial charge in [-0.05, 0) is 41.5 Å². The number of benzene rings is 2.